The minimum atomic E-state index is 0.443. The van der Waals surface area contributed by atoms with Crippen LogP contribution in [-0.2, 0) is 0 Å². The molecule has 6 heteroatoms. The Balaban J connectivity index is 2.14. The average Bonchev–Trinajstić information content (AvgIpc) is 2.46. The first-order valence-electron chi connectivity index (χ1n) is 5.77. The van der Waals surface area contributed by atoms with Gasteiger partial charge in [0.25, 0.3) is 0 Å². The summed E-state index contributed by atoms with van der Waals surface area (Å²) < 4.78 is 6.55. The highest BCUT2D eigenvalue weighted by Gasteiger charge is 2.12. The summed E-state index contributed by atoms with van der Waals surface area (Å²) in [6.45, 7) is 0. The molecule has 0 saturated heterocycles. The molecule has 3 aromatic rings. The molecule has 0 aliphatic carbocycles. The summed E-state index contributed by atoms with van der Waals surface area (Å²) in [5.41, 5.74) is 7.01. The zero-order valence-electron chi connectivity index (χ0n) is 10.2. The van der Waals surface area contributed by atoms with Crippen LogP contribution in [0.2, 0.25) is 5.02 Å². The second-order valence-corrected chi connectivity index (χ2v) is 5.35. The monoisotopic (exact) mass is 349 g/mol. The second-order valence-electron chi connectivity index (χ2n) is 4.09. The summed E-state index contributed by atoms with van der Waals surface area (Å²) in [7, 11) is 0. The van der Waals surface area contributed by atoms with Gasteiger partial charge in [-0.15, -0.1) is 0 Å². The van der Waals surface area contributed by atoms with E-state index in [-0.39, 0.29) is 0 Å². The first-order chi connectivity index (χ1) is 9.66. The smallest absolute Gasteiger partial charge is 0.167 e. The molecule has 2 aromatic heterocycles. The Morgan fingerprint density at radius 2 is 2.05 bits per heavy atom. The number of hydrogen-bond acceptors (Lipinski definition) is 4. The number of pyridine rings is 2. The van der Waals surface area contributed by atoms with Gasteiger partial charge in [0.2, 0.25) is 0 Å². The van der Waals surface area contributed by atoms with Crippen LogP contribution in [0.25, 0.3) is 10.9 Å². The second kappa shape index (κ2) is 5.26. The van der Waals surface area contributed by atoms with Gasteiger partial charge in [-0.25, -0.2) is 0 Å². The van der Waals surface area contributed by atoms with Crippen LogP contribution < -0.4 is 10.5 Å². The van der Waals surface area contributed by atoms with Crippen LogP contribution in [0, 0.1) is 0 Å². The van der Waals surface area contributed by atoms with Crippen molar-refractivity contribution in [2.75, 3.05) is 5.73 Å². The Morgan fingerprint density at radius 1 is 1.20 bits per heavy atom. The molecule has 0 amide bonds. The van der Waals surface area contributed by atoms with E-state index in [1.165, 1.54) is 6.20 Å². The van der Waals surface area contributed by atoms with E-state index in [1.54, 1.807) is 24.5 Å². The Morgan fingerprint density at radius 3 is 2.85 bits per heavy atom. The Labute approximate surface area is 128 Å². The topological polar surface area (TPSA) is 61.0 Å². The molecule has 0 aliphatic heterocycles. The third-order valence-corrected chi connectivity index (χ3v) is 3.67. The van der Waals surface area contributed by atoms with Crippen molar-refractivity contribution in [3.8, 4) is 11.5 Å². The maximum atomic E-state index is 6.16. The van der Waals surface area contributed by atoms with Crippen molar-refractivity contribution in [3.63, 3.8) is 0 Å². The molecule has 20 heavy (non-hydrogen) atoms. The highest BCUT2D eigenvalue weighted by molar-refractivity contribution is 9.10. The highest BCUT2D eigenvalue weighted by atomic mass is 79.9. The molecule has 0 atom stereocenters. The van der Waals surface area contributed by atoms with Crippen molar-refractivity contribution in [1.29, 1.82) is 0 Å². The van der Waals surface area contributed by atoms with E-state index in [0.29, 0.717) is 32.2 Å². The number of fused-ring (bicyclic) bond motifs is 1. The van der Waals surface area contributed by atoms with Gasteiger partial charge in [-0.2, -0.15) is 0 Å². The van der Waals surface area contributed by atoms with Crippen LogP contribution >= 0.6 is 27.5 Å². The number of nitrogens with two attached hydrogens (primary N) is 1. The van der Waals surface area contributed by atoms with Crippen molar-refractivity contribution in [2.45, 2.75) is 0 Å². The third kappa shape index (κ3) is 2.30. The average molecular weight is 351 g/mol. The van der Waals surface area contributed by atoms with Crippen molar-refractivity contribution < 1.29 is 4.74 Å². The summed E-state index contributed by atoms with van der Waals surface area (Å²) in [5, 5.41) is 1.46. The van der Waals surface area contributed by atoms with Crippen LogP contribution in [0.3, 0.4) is 0 Å². The molecule has 2 N–H and O–H groups in total. The number of rotatable bonds is 2. The molecule has 0 fully saturated rings. The Bertz CT molecular complexity index is 774. The van der Waals surface area contributed by atoms with Crippen LogP contribution in [-0.4, -0.2) is 9.97 Å². The summed E-state index contributed by atoms with van der Waals surface area (Å²) in [6, 6.07) is 7.26. The molecule has 0 radical (unpaired) electrons. The number of benzene rings is 1. The predicted molar refractivity (Wildman–Crippen MR) is 83.2 cm³/mol. The van der Waals surface area contributed by atoms with E-state index in [0.717, 1.165) is 5.39 Å². The van der Waals surface area contributed by atoms with Crippen LogP contribution in [0.1, 0.15) is 0 Å². The molecule has 2 heterocycles. The lowest BCUT2D eigenvalue weighted by atomic mass is 10.2. The van der Waals surface area contributed by atoms with Gasteiger partial charge in [0.15, 0.2) is 11.5 Å². The maximum Gasteiger partial charge on any atom is 0.167 e. The van der Waals surface area contributed by atoms with Gasteiger partial charge in [0, 0.05) is 17.8 Å². The molecule has 0 bridgehead atoms. The molecule has 100 valence electrons. The van der Waals surface area contributed by atoms with Gasteiger partial charge in [-0.1, -0.05) is 11.6 Å². The quantitative estimate of drug-likeness (QED) is 0.743. The Hall–Kier alpha value is -1.85. The van der Waals surface area contributed by atoms with Crippen molar-refractivity contribution >= 4 is 44.1 Å². The van der Waals surface area contributed by atoms with Gasteiger partial charge < -0.3 is 10.5 Å². The van der Waals surface area contributed by atoms with E-state index >= 15 is 0 Å². The van der Waals surface area contributed by atoms with Gasteiger partial charge in [-0.05, 0) is 40.2 Å². The molecule has 4 nitrogen and oxygen atoms in total. The molecule has 1 aromatic carbocycles. The number of aromatic nitrogens is 2. The lowest BCUT2D eigenvalue weighted by Gasteiger charge is -2.12. The zero-order chi connectivity index (χ0) is 14.1. The van der Waals surface area contributed by atoms with Gasteiger partial charge in [-0.3, -0.25) is 9.97 Å². The maximum absolute atomic E-state index is 6.16. The molecular formula is C14H9BrClN3O. The van der Waals surface area contributed by atoms with Gasteiger partial charge >= 0.3 is 0 Å². The number of hydrogen-bond donors (Lipinski definition) is 1. The molecule has 3 rings (SSSR count). The molecular weight excluding hydrogens is 342 g/mol. The SMILES string of the molecule is Nc1cncc(Br)c1Oc1ccc(Cl)c2cccnc12. The molecule has 0 aliphatic rings. The van der Waals surface area contributed by atoms with Crippen molar-refractivity contribution in [3.05, 3.63) is 52.4 Å². The van der Waals surface area contributed by atoms with E-state index < -0.39 is 0 Å². The fourth-order valence-corrected chi connectivity index (χ4v) is 2.49. The van der Waals surface area contributed by atoms with Gasteiger partial charge in [0.1, 0.15) is 5.52 Å². The van der Waals surface area contributed by atoms with E-state index in [9.17, 15) is 0 Å². The van der Waals surface area contributed by atoms with Crippen LogP contribution in [0.4, 0.5) is 5.69 Å². The zero-order valence-corrected chi connectivity index (χ0v) is 12.5. The fraction of sp³-hybridized carbons (Fsp3) is 0. The highest BCUT2D eigenvalue weighted by Crippen LogP contribution is 2.37. The number of ether oxygens (including phenoxy) is 1. The van der Waals surface area contributed by atoms with Crippen molar-refractivity contribution in [2.24, 2.45) is 0 Å². The van der Waals surface area contributed by atoms with E-state index in [4.69, 9.17) is 22.1 Å². The lowest BCUT2D eigenvalue weighted by Crippen LogP contribution is -1.95. The molecule has 0 unspecified atom stereocenters. The predicted octanol–water partition coefficient (Wildman–Crippen LogP) is 4.42. The number of nitrogen functional groups attached to an aromatic ring is 1. The van der Waals surface area contributed by atoms with E-state index in [1.807, 2.05) is 12.1 Å². The van der Waals surface area contributed by atoms with Gasteiger partial charge in [0.05, 0.1) is 21.4 Å². The van der Waals surface area contributed by atoms with Crippen LogP contribution in [0.15, 0.2) is 47.3 Å². The third-order valence-electron chi connectivity index (χ3n) is 2.77. The number of anilines is 1. The number of nitrogens with zero attached hydrogens (tertiary/aromatic N) is 2. The molecule has 0 saturated carbocycles. The first-order valence-corrected chi connectivity index (χ1v) is 6.94. The minimum absolute atomic E-state index is 0.443. The van der Waals surface area contributed by atoms with E-state index in [2.05, 4.69) is 25.9 Å². The summed E-state index contributed by atoms with van der Waals surface area (Å²) >= 11 is 9.52. The fourth-order valence-electron chi connectivity index (χ4n) is 1.85. The normalized spacial score (nSPS) is 10.7. The summed E-state index contributed by atoms with van der Waals surface area (Å²) in [5.74, 6) is 1.10. The van der Waals surface area contributed by atoms with Crippen molar-refractivity contribution in [1.82, 2.24) is 9.97 Å². The Kier molecular flexibility index (Phi) is 3.46. The summed E-state index contributed by atoms with van der Waals surface area (Å²) in [4.78, 5) is 8.29. The summed E-state index contributed by atoms with van der Waals surface area (Å²) in [6.07, 6.45) is 4.85. The lowest BCUT2D eigenvalue weighted by molar-refractivity contribution is 0.486. The largest absolute Gasteiger partial charge is 0.452 e. The standard InChI is InChI=1S/C14H9BrClN3O/c15-9-6-18-7-11(17)14(9)20-12-4-3-10(16)8-2-1-5-19-13(8)12/h1-7H,17H2. The minimum Gasteiger partial charge on any atom is -0.452 e. The molecule has 0 spiro atoms. The van der Waals surface area contributed by atoms with Crippen LogP contribution in [0.5, 0.6) is 11.5 Å². The number of halogens is 2. The first kappa shape index (κ1) is 13.1.